The molecule has 0 aliphatic heterocycles. The molecule has 1 heterocycles. The summed E-state index contributed by atoms with van der Waals surface area (Å²) >= 11 is 0. The van der Waals surface area contributed by atoms with Crippen LogP contribution in [0, 0.1) is 18.3 Å². The molecule has 0 unspecified atom stereocenters. The van der Waals surface area contributed by atoms with Crippen molar-refractivity contribution >= 4 is 22.7 Å². The molecule has 3 rings (SSSR count). The molecule has 0 spiro atoms. The van der Waals surface area contributed by atoms with Crippen molar-refractivity contribution in [2.45, 2.75) is 33.2 Å². The fourth-order valence-electron chi connectivity index (χ4n) is 3.10. The number of fused-ring (bicyclic) bond motifs is 1. The first kappa shape index (κ1) is 18.4. The number of nitrogens with zero attached hydrogens (tertiary/aromatic N) is 3. The van der Waals surface area contributed by atoms with E-state index >= 15 is 0 Å². The second-order valence-corrected chi connectivity index (χ2v) is 6.42. The molecule has 5 heteroatoms. The van der Waals surface area contributed by atoms with Gasteiger partial charge in [-0.1, -0.05) is 49.7 Å². The molecule has 0 fully saturated rings. The van der Waals surface area contributed by atoms with Crippen LogP contribution in [0.2, 0.25) is 0 Å². The number of pyridine rings is 1. The summed E-state index contributed by atoms with van der Waals surface area (Å²) in [6.45, 7) is 4.03. The molecule has 0 amide bonds. The van der Waals surface area contributed by atoms with Gasteiger partial charge in [0.2, 0.25) is 5.88 Å². The molecular weight excluding hydrogens is 338 g/mol. The highest BCUT2D eigenvalue weighted by Gasteiger charge is 2.17. The van der Waals surface area contributed by atoms with Crippen LogP contribution in [0.25, 0.3) is 10.8 Å². The second kappa shape index (κ2) is 7.88. The Bertz CT molecular complexity index is 1120. The van der Waals surface area contributed by atoms with Gasteiger partial charge in [-0.3, -0.25) is 14.4 Å². The largest absolute Gasteiger partial charge is 0.494 e. The Hall–Kier alpha value is -3.39. The van der Waals surface area contributed by atoms with Crippen molar-refractivity contribution in [2.75, 3.05) is 0 Å². The first-order valence-corrected chi connectivity index (χ1v) is 8.96. The summed E-state index contributed by atoms with van der Waals surface area (Å²) in [5.74, 6) is -0.145. The molecule has 2 aromatic carbocycles. The minimum absolute atomic E-state index is 0.0447. The molecule has 0 aliphatic rings. The summed E-state index contributed by atoms with van der Waals surface area (Å²) in [6.07, 6.45) is 3.15. The third-order valence-corrected chi connectivity index (χ3v) is 4.68. The highest BCUT2D eigenvalue weighted by molar-refractivity contribution is 5.96. The fourth-order valence-corrected chi connectivity index (χ4v) is 3.10. The Morgan fingerprint density at radius 1 is 1.22 bits per heavy atom. The van der Waals surface area contributed by atoms with Crippen molar-refractivity contribution in [3.8, 4) is 11.9 Å². The van der Waals surface area contributed by atoms with E-state index in [2.05, 4.69) is 4.99 Å². The molecule has 0 bridgehead atoms. The van der Waals surface area contributed by atoms with Crippen molar-refractivity contribution in [1.82, 2.24) is 4.57 Å². The summed E-state index contributed by atoms with van der Waals surface area (Å²) in [6, 6.07) is 15.7. The van der Waals surface area contributed by atoms with Crippen LogP contribution in [0.5, 0.6) is 5.88 Å². The van der Waals surface area contributed by atoms with E-state index in [1.54, 1.807) is 6.92 Å². The van der Waals surface area contributed by atoms with Crippen LogP contribution < -0.4 is 5.56 Å². The van der Waals surface area contributed by atoms with Crippen LogP contribution in [-0.4, -0.2) is 15.9 Å². The van der Waals surface area contributed by atoms with Crippen LogP contribution in [0.3, 0.4) is 0 Å². The zero-order chi connectivity index (χ0) is 19.4. The van der Waals surface area contributed by atoms with E-state index in [0.717, 1.165) is 29.3 Å². The number of aromatic hydroxyl groups is 1. The maximum atomic E-state index is 12.5. The minimum atomic E-state index is -0.455. The SMILES string of the molecule is CCCCn1c(O)c(C=Nc2cccc3ccccc23)c(C)c(C#N)c1=O. The number of aromatic nitrogens is 1. The van der Waals surface area contributed by atoms with E-state index in [1.807, 2.05) is 55.5 Å². The predicted octanol–water partition coefficient (Wildman–Crippen LogP) is 4.44. The van der Waals surface area contributed by atoms with Crippen molar-refractivity contribution in [2.24, 2.45) is 4.99 Å². The zero-order valence-electron chi connectivity index (χ0n) is 15.4. The zero-order valence-corrected chi connectivity index (χ0v) is 15.4. The third-order valence-electron chi connectivity index (χ3n) is 4.68. The molecule has 0 saturated heterocycles. The standard InChI is InChI=1S/C22H21N3O2/c1-3-4-12-25-21(26)18(13-23)15(2)19(22(25)27)14-24-20-11-7-9-16-8-5-6-10-17(16)20/h5-11,14,27H,3-4,12H2,1-2H3. The molecule has 0 atom stereocenters. The lowest BCUT2D eigenvalue weighted by Gasteiger charge is -2.13. The van der Waals surface area contributed by atoms with E-state index in [9.17, 15) is 15.2 Å². The van der Waals surface area contributed by atoms with Gasteiger partial charge in [-0.25, -0.2) is 0 Å². The first-order valence-electron chi connectivity index (χ1n) is 8.96. The smallest absolute Gasteiger partial charge is 0.271 e. The monoisotopic (exact) mass is 359 g/mol. The van der Waals surface area contributed by atoms with Gasteiger partial charge >= 0.3 is 0 Å². The van der Waals surface area contributed by atoms with Gasteiger partial charge in [0, 0.05) is 18.1 Å². The van der Waals surface area contributed by atoms with E-state index in [0.29, 0.717) is 17.7 Å². The van der Waals surface area contributed by atoms with Gasteiger partial charge in [0.05, 0.1) is 11.3 Å². The van der Waals surface area contributed by atoms with Crippen LogP contribution in [-0.2, 0) is 6.54 Å². The number of unbranched alkanes of at least 4 members (excludes halogenated alkanes) is 1. The molecular formula is C22H21N3O2. The molecule has 1 N–H and O–H groups in total. The van der Waals surface area contributed by atoms with Crippen LogP contribution in [0.1, 0.15) is 36.5 Å². The molecule has 0 aliphatic carbocycles. The summed E-state index contributed by atoms with van der Waals surface area (Å²) in [4.78, 5) is 17.0. The van der Waals surface area contributed by atoms with E-state index in [1.165, 1.54) is 10.8 Å². The van der Waals surface area contributed by atoms with Gasteiger partial charge in [-0.2, -0.15) is 5.26 Å². The van der Waals surface area contributed by atoms with E-state index < -0.39 is 5.56 Å². The summed E-state index contributed by atoms with van der Waals surface area (Å²) in [5.41, 5.74) is 1.19. The van der Waals surface area contributed by atoms with Gasteiger partial charge < -0.3 is 5.11 Å². The predicted molar refractivity (Wildman–Crippen MR) is 108 cm³/mol. The number of rotatable bonds is 5. The number of hydrogen-bond donors (Lipinski definition) is 1. The number of aliphatic imine (C=N–C) groups is 1. The van der Waals surface area contributed by atoms with E-state index in [4.69, 9.17) is 0 Å². The first-order chi connectivity index (χ1) is 13.1. The highest BCUT2D eigenvalue weighted by atomic mass is 16.3. The normalized spacial score (nSPS) is 11.1. The lowest BCUT2D eigenvalue weighted by Crippen LogP contribution is -2.25. The quantitative estimate of drug-likeness (QED) is 0.684. The molecule has 3 aromatic rings. The van der Waals surface area contributed by atoms with Gasteiger partial charge in [0.25, 0.3) is 5.56 Å². The Balaban J connectivity index is 2.15. The molecule has 136 valence electrons. The third kappa shape index (κ3) is 3.47. The maximum Gasteiger partial charge on any atom is 0.271 e. The summed E-state index contributed by atoms with van der Waals surface area (Å²) < 4.78 is 1.26. The number of nitriles is 1. The van der Waals surface area contributed by atoms with Gasteiger partial charge in [-0.05, 0) is 30.4 Å². The maximum absolute atomic E-state index is 12.5. The second-order valence-electron chi connectivity index (χ2n) is 6.42. The summed E-state index contributed by atoms with van der Waals surface area (Å²) in [5, 5.41) is 22.1. The fraction of sp³-hybridized carbons (Fsp3) is 0.227. The Kier molecular flexibility index (Phi) is 5.37. The van der Waals surface area contributed by atoms with Crippen molar-refractivity contribution in [1.29, 1.82) is 5.26 Å². The molecule has 0 radical (unpaired) electrons. The molecule has 0 saturated carbocycles. The molecule has 1 aromatic heterocycles. The van der Waals surface area contributed by atoms with Crippen molar-refractivity contribution in [3.05, 3.63) is 69.5 Å². The minimum Gasteiger partial charge on any atom is -0.494 e. The van der Waals surface area contributed by atoms with Gasteiger partial charge in [-0.15, -0.1) is 0 Å². The van der Waals surface area contributed by atoms with Crippen LogP contribution >= 0.6 is 0 Å². The Labute approximate surface area is 157 Å². The van der Waals surface area contributed by atoms with Crippen LogP contribution in [0.15, 0.2) is 52.3 Å². The Morgan fingerprint density at radius 2 is 1.96 bits per heavy atom. The topological polar surface area (TPSA) is 78.4 Å². The highest BCUT2D eigenvalue weighted by Crippen LogP contribution is 2.27. The van der Waals surface area contributed by atoms with Crippen LogP contribution in [0.4, 0.5) is 5.69 Å². The van der Waals surface area contributed by atoms with E-state index in [-0.39, 0.29) is 11.4 Å². The van der Waals surface area contributed by atoms with Crippen molar-refractivity contribution in [3.63, 3.8) is 0 Å². The Morgan fingerprint density at radius 3 is 2.70 bits per heavy atom. The van der Waals surface area contributed by atoms with Gasteiger partial charge in [0.15, 0.2) is 0 Å². The average Bonchev–Trinajstić information content (AvgIpc) is 2.68. The summed E-state index contributed by atoms with van der Waals surface area (Å²) in [7, 11) is 0. The molecule has 5 nitrogen and oxygen atoms in total. The number of benzene rings is 2. The average molecular weight is 359 g/mol. The van der Waals surface area contributed by atoms with Gasteiger partial charge in [0.1, 0.15) is 11.6 Å². The number of hydrogen-bond acceptors (Lipinski definition) is 4. The molecule has 27 heavy (non-hydrogen) atoms. The lowest BCUT2D eigenvalue weighted by molar-refractivity contribution is 0.400. The lowest BCUT2D eigenvalue weighted by atomic mass is 10.1. The van der Waals surface area contributed by atoms with Crippen molar-refractivity contribution < 1.29 is 5.11 Å².